The molecule has 40 heavy (non-hydrogen) atoms. The van der Waals surface area contributed by atoms with Crippen LogP contribution in [0.15, 0.2) is 115 Å². The molecule has 4 rings (SSSR count). The molecule has 0 aliphatic heterocycles. The molecule has 4 aromatic carbocycles. The summed E-state index contributed by atoms with van der Waals surface area (Å²) in [5, 5.41) is 3.77. The van der Waals surface area contributed by atoms with Gasteiger partial charge in [-0.25, -0.2) is 0 Å². The smallest absolute Gasteiger partial charge is 0.243 e. The lowest BCUT2D eigenvalue weighted by Crippen LogP contribution is -2.52. The van der Waals surface area contributed by atoms with Crippen molar-refractivity contribution in [3.05, 3.63) is 143 Å². The maximum absolute atomic E-state index is 14.4. The zero-order valence-corrected chi connectivity index (χ0v) is 23.9. The zero-order valence-electron chi connectivity index (χ0n) is 23.2. The summed E-state index contributed by atoms with van der Waals surface area (Å²) >= 11 is 6.16. The van der Waals surface area contributed by atoms with Crippen molar-refractivity contribution in [2.24, 2.45) is 0 Å². The van der Waals surface area contributed by atoms with Gasteiger partial charge in [0.2, 0.25) is 11.8 Å². The summed E-state index contributed by atoms with van der Waals surface area (Å²) in [6.07, 6.45) is 1.46. The minimum atomic E-state index is -0.674. The number of hydrogen-bond donors (Lipinski definition) is 1. The Labute approximate surface area is 243 Å². The van der Waals surface area contributed by atoms with E-state index in [4.69, 9.17) is 11.6 Å². The van der Waals surface area contributed by atoms with Crippen LogP contribution >= 0.6 is 11.6 Å². The number of nitrogens with zero attached hydrogens (tertiary/aromatic N) is 1. The molecule has 1 N–H and O–H groups in total. The standard InChI is InChI=1S/C35H37ClN2O2/c1-3-26(2)37-35(40)33(23-27-13-7-4-8-14-27)38(25-28-19-21-31(36)22-20-28)34(39)24-32(29-15-9-5-10-16-29)30-17-11-6-12-18-30/h4-22,26,32-33H,3,23-25H2,1-2H3,(H,37,40)/t26-,33-/m0/s1. The van der Waals surface area contributed by atoms with Gasteiger partial charge in [0.05, 0.1) is 0 Å². The number of rotatable bonds is 12. The quantitative estimate of drug-likeness (QED) is 0.199. The van der Waals surface area contributed by atoms with Crippen molar-refractivity contribution in [3.8, 4) is 0 Å². The highest BCUT2D eigenvalue weighted by Gasteiger charge is 2.32. The Hall–Kier alpha value is -3.89. The topological polar surface area (TPSA) is 49.4 Å². The highest BCUT2D eigenvalue weighted by Crippen LogP contribution is 2.30. The molecule has 5 heteroatoms. The van der Waals surface area contributed by atoms with Crippen LogP contribution in [0.1, 0.15) is 54.9 Å². The summed E-state index contributed by atoms with van der Waals surface area (Å²) in [5.41, 5.74) is 4.06. The van der Waals surface area contributed by atoms with Crippen molar-refractivity contribution in [2.75, 3.05) is 0 Å². The Morgan fingerprint density at radius 2 is 1.27 bits per heavy atom. The Kier molecular flexibility index (Phi) is 10.5. The van der Waals surface area contributed by atoms with E-state index in [9.17, 15) is 9.59 Å². The van der Waals surface area contributed by atoms with Gasteiger partial charge in [0, 0.05) is 36.4 Å². The lowest BCUT2D eigenvalue weighted by atomic mass is 9.87. The van der Waals surface area contributed by atoms with E-state index in [1.54, 1.807) is 4.90 Å². The molecule has 0 radical (unpaired) electrons. The average molecular weight is 553 g/mol. The second-order valence-corrected chi connectivity index (χ2v) is 10.7. The lowest BCUT2D eigenvalue weighted by Gasteiger charge is -2.33. The predicted octanol–water partition coefficient (Wildman–Crippen LogP) is 7.42. The Balaban J connectivity index is 1.73. The van der Waals surface area contributed by atoms with E-state index in [2.05, 4.69) is 29.6 Å². The second kappa shape index (κ2) is 14.5. The molecule has 0 bridgehead atoms. The first-order valence-electron chi connectivity index (χ1n) is 13.9. The summed E-state index contributed by atoms with van der Waals surface area (Å²) in [5.74, 6) is -0.359. The zero-order chi connectivity index (χ0) is 28.3. The van der Waals surface area contributed by atoms with E-state index < -0.39 is 6.04 Å². The fraction of sp³-hybridized carbons (Fsp3) is 0.257. The number of carbonyl (C=O) groups is 2. The molecule has 0 aliphatic rings. The number of halogens is 1. The predicted molar refractivity (Wildman–Crippen MR) is 163 cm³/mol. The number of carbonyl (C=O) groups excluding carboxylic acids is 2. The molecule has 0 fully saturated rings. The minimum Gasteiger partial charge on any atom is -0.352 e. The highest BCUT2D eigenvalue weighted by atomic mass is 35.5. The van der Waals surface area contributed by atoms with Crippen LogP contribution in [0.5, 0.6) is 0 Å². The molecular weight excluding hydrogens is 516 g/mol. The molecule has 2 amide bonds. The Morgan fingerprint density at radius 1 is 0.750 bits per heavy atom. The third-order valence-electron chi connectivity index (χ3n) is 7.32. The van der Waals surface area contributed by atoms with Crippen molar-refractivity contribution in [3.63, 3.8) is 0 Å². The summed E-state index contributed by atoms with van der Waals surface area (Å²) in [7, 11) is 0. The molecule has 2 atom stereocenters. The van der Waals surface area contributed by atoms with Crippen molar-refractivity contribution >= 4 is 23.4 Å². The first-order chi connectivity index (χ1) is 19.4. The molecule has 0 spiro atoms. The van der Waals surface area contributed by atoms with Gasteiger partial charge in [0.15, 0.2) is 0 Å². The molecule has 0 unspecified atom stereocenters. The van der Waals surface area contributed by atoms with Gasteiger partial charge in [0.1, 0.15) is 6.04 Å². The number of amides is 2. The third kappa shape index (κ3) is 8.06. The van der Waals surface area contributed by atoms with E-state index in [0.29, 0.717) is 18.0 Å². The first-order valence-corrected chi connectivity index (χ1v) is 14.3. The molecule has 0 aromatic heterocycles. The fourth-order valence-corrected chi connectivity index (χ4v) is 5.00. The average Bonchev–Trinajstić information content (AvgIpc) is 2.99. The van der Waals surface area contributed by atoms with Crippen LogP contribution in [0.25, 0.3) is 0 Å². The second-order valence-electron chi connectivity index (χ2n) is 10.2. The monoisotopic (exact) mass is 552 g/mol. The van der Waals surface area contributed by atoms with Gasteiger partial charge in [-0.3, -0.25) is 9.59 Å². The van der Waals surface area contributed by atoms with Gasteiger partial charge in [-0.1, -0.05) is 122 Å². The summed E-state index contributed by atoms with van der Waals surface area (Å²) in [4.78, 5) is 29.9. The highest BCUT2D eigenvalue weighted by molar-refractivity contribution is 6.30. The minimum absolute atomic E-state index is 0.000330. The first kappa shape index (κ1) is 29.1. The normalized spacial score (nSPS) is 12.5. The largest absolute Gasteiger partial charge is 0.352 e. The number of hydrogen-bond acceptors (Lipinski definition) is 2. The van der Waals surface area contributed by atoms with Crippen molar-refractivity contribution < 1.29 is 9.59 Å². The molecule has 0 saturated heterocycles. The van der Waals surface area contributed by atoms with Crippen LogP contribution in [0.4, 0.5) is 0 Å². The van der Waals surface area contributed by atoms with Crippen LogP contribution in [-0.2, 0) is 22.6 Å². The van der Waals surface area contributed by atoms with Gasteiger partial charge in [-0.2, -0.15) is 0 Å². The van der Waals surface area contributed by atoms with Gasteiger partial charge < -0.3 is 10.2 Å². The van der Waals surface area contributed by atoms with E-state index in [1.165, 1.54) is 0 Å². The molecule has 0 saturated carbocycles. The van der Waals surface area contributed by atoms with Crippen LogP contribution < -0.4 is 5.32 Å². The molecule has 0 heterocycles. The van der Waals surface area contributed by atoms with Crippen LogP contribution in [-0.4, -0.2) is 28.8 Å². The summed E-state index contributed by atoms with van der Waals surface area (Å²) < 4.78 is 0. The van der Waals surface area contributed by atoms with E-state index in [-0.39, 0.29) is 30.2 Å². The fourth-order valence-electron chi connectivity index (χ4n) is 4.87. The van der Waals surface area contributed by atoms with Crippen LogP contribution in [0, 0.1) is 0 Å². The lowest BCUT2D eigenvalue weighted by molar-refractivity contribution is -0.141. The summed E-state index contributed by atoms with van der Waals surface area (Å²) in [6, 6.07) is 36.9. The van der Waals surface area contributed by atoms with Gasteiger partial charge in [0.25, 0.3) is 0 Å². The van der Waals surface area contributed by atoms with E-state index >= 15 is 0 Å². The van der Waals surface area contributed by atoms with Crippen molar-refractivity contribution in [1.82, 2.24) is 10.2 Å². The van der Waals surface area contributed by atoms with E-state index in [1.807, 2.05) is 105 Å². The maximum Gasteiger partial charge on any atom is 0.243 e. The summed E-state index contributed by atoms with van der Waals surface area (Å²) in [6.45, 7) is 4.33. The van der Waals surface area contributed by atoms with Gasteiger partial charge >= 0.3 is 0 Å². The number of nitrogens with one attached hydrogen (secondary N) is 1. The molecule has 4 aromatic rings. The Bertz CT molecular complexity index is 1310. The molecule has 0 aliphatic carbocycles. The van der Waals surface area contributed by atoms with Crippen molar-refractivity contribution in [2.45, 2.75) is 57.7 Å². The Morgan fingerprint density at radius 3 is 1.80 bits per heavy atom. The van der Waals surface area contributed by atoms with Crippen LogP contribution in [0.3, 0.4) is 0 Å². The number of benzene rings is 4. The molecule has 4 nitrogen and oxygen atoms in total. The maximum atomic E-state index is 14.4. The third-order valence-corrected chi connectivity index (χ3v) is 7.57. The van der Waals surface area contributed by atoms with Crippen LogP contribution in [0.2, 0.25) is 5.02 Å². The SMILES string of the molecule is CC[C@H](C)NC(=O)[C@H](Cc1ccccc1)N(Cc1ccc(Cl)cc1)C(=O)CC(c1ccccc1)c1ccccc1. The molecule has 206 valence electrons. The van der Waals surface area contributed by atoms with Gasteiger partial charge in [-0.15, -0.1) is 0 Å². The van der Waals surface area contributed by atoms with E-state index in [0.717, 1.165) is 28.7 Å². The van der Waals surface area contributed by atoms with Crippen molar-refractivity contribution in [1.29, 1.82) is 0 Å². The van der Waals surface area contributed by atoms with Gasteiger partial charge in [-0.05, 0) is 47.7 Å². The molecular formula is C35H37ClN2O2.